The number of ether oxygens (including phenoxy) is 1. The monoisotopic (exact) mass is 229 g/mol. The maximum Gasteiger partial charge on any atom is 0.120 e. The summed E-state index contributed by atoms with van der Waals surface area (Å²) >= 11 is 0. The van der Waals surface area contributed by atoms with Crippen molar-refractivity contribution in [2.24, 2.45) is 0 Å². The van der Waals surface area contributed by atoms with Crippen LogP contribution in [0.1, 0.15) is 49.3 Å². The predicted octanol–water partition coefficient (Wildman–Crippen LogP) is 2.93. The molecular weight excluding hydrogens is 210 g/mol. The molecule has 90 valence electrons. The van der Waals surface area contributed by atoms with Crippen LogP contribution in [0.4, 0.5) is 0 Å². The molecule has 17 heavy (non-hydrogen) atoms. The molecule has 1 spiro atoms. The van der Waals surface area contributed by atoms with Crippen LogP contribution in [0.15, 0.2) is 24.3 Å². The Bertz CT molecular complexity index is 436. The maximum absolute atomic E-state index is 6.39. The zero-order valence-electron chi connectivity index (χ0n) is 10.1. The minimum absolute atomic E-state index is 0.0150. The van der Waals surface area contributed by atoms with Gasteiger partial charge in [-0.05, 0) is 36.8 Å². The van der Waals surface area contributed by atoms with Crippen LogP contribution in [0, 0.1) is 0 Å². The molecule has 1 saturated carbocycles. The van der Waals surface area contributed by atoms with Crippen LogP contribution < -0.4 is 5.32 Å². The van der Waals surface area contributed by atoms with E-state index in [-0.39, 0.29) is 5.72 Å². The molecule has 0 bridgehead atoms. The van der Waals surface area contributed by atoms with Gasteiger partial charge in [0.1, 0.15) is 5.72 Å². The summed E-state index contributed by atoms with van der Waals surface area (Å²) in [7, 11) is 0. The van der Waals surface area contributed by atoms with Gasteiger partial charge < -0.3 is 4.74 Å². The first-order valence-electron chi connectivity index (χ1n) is 6.90. The predicted molar refractivity (Wildman–Crippen MR) is 66.7 cm³/mol. The van der Waals surface area contributed by atoms with E-state index in [1.807, 2.05) is 0 Å². The van der Waals surface area contributed by atoms with Gasteiger partial charge in [-0.1, -0.05) is 30.7 Å². The van der Waals surface area contributed by atoms with Crippen molar-refractivity contribution in [3.05, 3.63) is 35.4 Å². The van der Waals surface area contributed by atoms with Crippen LogP contribution in [0.3, 0.4) is 0 Å². The van der Waals surface area contributed by atoms with E-state index in [2.05, 4.69) is 29.6 Å². The van der Waals surface area contributed by atoms with Gasteiger partial charge in [-0.3, -0.25) is 5.32 Å². The zero-order valence-corrected chi connectivity index (χ0v) is 10.1. The summed E-state index contributed by atoms with van der Waals surface area (Å²) in [4.78, 5) is 0. The van der Waals surface area contributed by atoms with Crippen LogP contribution in [-0.4, -0.2) is 11.8 Å². The van der Waals surface area contributed by atoms with Crippen LogP contribution in [0.25, 0.3) is 0 Å². The largest absolute Gasteiger partial charge is 0.355 e. The van der Waals surface area contributed by atoms with E-state index >= 15 is 0 Å². The van der Waals surface area contributed by atoms with Gasteiger partial charge in [0.15, 0.2) is 0 Å². The van der Waals surface area contributed by atoms with Gasteiger partial charge in [0.25, 0.3) is 0 Å². The highest BCUT2D eigenvalue weighted by Crippen LogP contribution is 2.45. The summed E-state index contributed by atoms with van der Waals surface area (Å²) in [6.07, 6.45) is 7.87. The Kier molecular flexibility index (Phi) is 2.12. The molecule has 1 aliphatic heterocycles. The van der Waals surface area contributed by atoms with Crippen molar-refractivity contribution in [2.75, 3.05) is 0 Å². The third-order valence-electron chi connectivity index (χ3n) is 4.64. The summed E-state index contributed by atoms with van der Waals surface area (Å²) in [5, 5.41) is 3.80. The van der Waals surface area contributed by atoms with Crippen molar-refractivity contribution in [1.82, 2.24) is 5.32 Å². The van der Waals surface area contributed by atoms with Crippen LogP contribution >= 0.6 is 0 Å². The smallest absolute Gasteiger partial charge is 0.120 e. The average Bonchev–Trinajstić information content (AvgIpc) is 2.84. The normalized spacial score (nSPS) is 33.6. The molecule has 0 radical (unpaired) electrons. The third kappa shape index (κ3) is 1.47. The lowest BCUT2D eigenvalue weighted by Crippen LogP contribution is -2.43. The highest BCUT2D eigenvalue weighted by atomic mass is 16.5. The molecule has 2 fully saturated rings. The number of benzene rings is 1. The van der Waals surface area contributed by atoms with E-state index in [9.17, 15) is 0 Å². The molecule has 0 amide bonds. The van der Waals surface area contributed by atoms with Crippen molar-refractivity contribution in [1.29, 1.82) is 0 Å². The molecular formula is C15H19NO. The van der Waals surface area contributed by atoms with Crippen molar-refractivity contribution in [2.45, 2.75) is 56.4 Å². The van der Waals surface area contributed by atoms with E-state index in [1.165, 1.54) is 43.2 Å². The van der Waals surface area contributed by atoms with Gasteiger partial charge in [0.2, 0.25) is 0 Å². The van der Waals surface area contributed by atoms with Gasteiger partial charge >= 0.3 is 0 Å². The molecule has 2 heteroatoms. The quantitative estimate of drug-likeness (QED) is 0.738. The van der Waals surface area contributed by atoms with Crippen molar-refractivity contribution in [3.63, 3.8) is 0 Å². The van der Waals surface area contributed by atoms with Crippen LogP contribution in [-0.2, 0) is 11.2 Å². The summed E-state index contributed by atoms with van der Waals surface area (Å²) in [6, 6.07) is 9.24. The van der Waals surface area contributed by atoms with E-state index in [1.54, 1.807) is 0 Å². The first-order valence-corrected chi connectivity index (χ1v) is 6.90. The maximum atomic E-state index is 6.39. The van der Waals surface area contributed by atoms with E-state index < -0.39 is 0 Å². The molecule has 0 unspecified atom stereocenters. The lowest BCUT2D eigenvalue weighted by atomic mass is 9.91. The molecule has 1 aromatic carbocycles. The van der Waals surface area contributed by atoms with Gasteiger partial charge in [-0.25, -0.2) is 0 Å². The molecule has 1 aromatic rings. The van der Waals surface area contributed by atoms with E-state index in [4.69, 9.17) is 4.74 Å². The second kappa shape index (κ2) is 3.56. The van der Waals surface area contributed by atoms with Gasteiger partial charge in [0.05, 0.1) is 12.1 Å². The number of hydrogen-bond donors (Lipinski definition) is 1. The van der Waals surface area contributed by atoms with Crippen LogP contribution in [0.5, 0.6) is 0 Å². The molecule has 3 aliphatic rings. The molecule has 2 nitrogen and oxygen atoms in total. The van der Waals surface area contributed by atoms with Gasteiger partial charge in [-0.2, -0.15) is 0 Å². The second-order valence-corrected chi connectivity index (χ2v) is 5.74. The molecule has 2 aliphatic carbocycles. The topological polar surface area (TPSA) is 21.3 Å². The van der Waals surface area contributed by atoms with E-state index in [0.29, 0.717) is 12.1 Å². The molecule has 4 rings (SSSR count). The standard InChI is InChI=1S/C15H19NO/c1-4-8-15(9-5-1)16-14-12-7-3-2-6-11(12)10-13(14)17-15/h2-3,6-7,13-14,16H,1,4-5,8-10H2/t13-,14+/m0/s1. The van der Waals surface area contributed by atoms with Gasteiger partial charge in [0, 0.05) is 6.42 Å². The Hall–Kier alpha value is -0.860. The lowest BCUT2D eigenvalue weighted by Gasteiger charge is -2.34. The third-order valence-corrected chi connectivity index (χ3v) is 4.64. The number of fused-ring (bicyclic) bond motifs is 3. The average molecular weight is 229 g/mol. The van der Waals surface area contributed by atoms with Gasteiger partial charge in [-0.15, -0.1) is 0 Å². The van der Waals surface area contributed by atoms with Crippen molar-refractivity contribution < 1.29 is 4.74 Å². The summed E-state index contributed by atoms with van der Waals surface area (Å²) in [6.45, 7) is 0. The molecule has 2 atom stereocenters. The fourth-order valence-corrected chi connectivity index (χ4v) is 3.83. The first-order chi connectivity index (χ1) is 8.36. The Balaban J connectivity index is 1.64. The van der Waals surface area contributed by atoms with Crippen LogP contribution in [0.2, 0.25) is 0 Å². The Morgan fingerprint density at radius 1 is 1.12 bits per heavy atom. The SMILES string of the molecule is c1ccc2c(c1)C[C@@H]1OC3(CCCCC3)N[C@H]21. The summed E-state index contributed by atoms with van der Waals surface area (Å²) in [5.41, 5.74) is 2.96. The first kappa shape index (κ1) is 10.1. The second-order valence-electron chi connectivity index (χ2n) is 5.74. The Morgan fingerprint density at radius 2 is 1.94 bits per heavy atom. The number of hydrogen-bond acceptors (Lipinski definition) is 2. The molecule has 0 aromatic heterocycles. The highest BCUT2D eigenvalue weighted by Gasteiger charge is 2.49. The number of rotatable bonds is 0. The summed E-state index contributed by atoms with van der Waals surface area (Å²) < 4.78 is 6.39. The molecule has 1 heterocycles. The summed E-state index contributed by atoms with van der Waals surface area (Å²) in [5.74, 6) is 0. The fraction of sp³-hybridized carbons (Fsp3) is 0.600. The minimum Gasteiger partial charge on any atom is -0.355 e. The highest BCUT2D eigenvalue weighted by molar-refractivity contribution is 5.37. The van der Waals surface area contributed by atoms with Crippen molar-refractivity contribution >= 4 is 0 Å². The van der Waals surface area contributed by atoms with Crippen molar-refractivity contribution in [3.8, 4) is 0 Å². The number of nitrogens with one attached hydrogen (secondary N) is 1. The molecule has 1 saturated heterocycles. The lowest BCUT2D eigenvalue weighted by molar-refractivity contribution is -0.0725. The Morgan fingerprint density at radius 3 is 2.82 bits per heavy atom. The fourth-order valence-electron chi connectivity index (χ4n) is 3.83. The minimum atomic E-state index is 0.0150. The Labute approximate surface area is 102 Å². The van der Waals surface area contributed by atoms with E-state index in [0.717, 1.165) is 6.42 Å². The zero-order chi connectivity index (χ0) is 11.3. The molecule has 1 N–H and O–H groups in total.